The van der Waals surface area contributed by atoms with Crippen molar-refractivity contribution in [1.82, 2.24) is 4.90 Å². The maximum Gasteiger partial charge on any atom is 0.348 e. The lowest BCUT2D eigenvalue weighted by molar-refractivity contribution is -0.162. The average molecular weight is 434 g/mol. The number of hydrogen-bond acceptors (Lipinski definition) is 5. The average Bonchev–Trinajstić information content (AvgIpc) is 3.17. The van der Waals surface area contributed by atoms with Crippen LogP contribution in [0.1, 0.15) is 21.6 Å². The molecule has 31 heavy (non-hydrogen) atoms. The van der Waals surface area contributed by atoms with Crippen LogP contribution in [0.5, 0.6) is 0 Å². The van der Waals surface area contributed by atoms with E-state index in [9.17, 15) is 9.90 Å². The van der Waals surface area contributed by atoms with Gasteiger partial charge in [-0.05, 0) is 35.8 Å². The number of esters is 1. The fourth-order valence-electron chi connectivity index (χ4n) is 4.87. The Balaban J connectivity index is 1.21. The van der Waals surface area contributed by atoms with Crippen molar-refractivity contribution in [3.05, 3.63) is 93.7 Å². The van der Waals surface area contributed by atoms with Crippen molar-refractivity contribution in [2.75, 3.05) is 19.7 Å². The Morgan fingerprint density at radius 1 is 1.06 bits per heavy atom. The standard InChI is InChI=1S/C26H27NO3S/c1-18-9-11-20(12-10-18)26(29,24-8-5-13-31-24)25(28)30-17-23-21-15-27(16-22(21)23)14-19-6-3-2-4-7-19/h2-13,21-23,29H,14-17H2,1H3. The van der Waals surface area contributed by atoms with Gasteiger partial charge >= 0.3 is 5.97 Å². The van der Waals surface area contributed by atoms with Crippen LogP contribution in [0.15, 0.2) is 72.1 Å². The molecule has 5 rings (SSSR count). The first-order valence-electron chi connectivity index (χ1n) is 10.8. The van der Waals surface area contributed by atoms with Gasteiger partial charge in [0.1, 0.15) is 0 Å². The van der Waals surface area contributed by atoms with E-state index in [1.54, 1.807) is 6.07 Å². The molecule has 0 radical (unpaired) electrons. The zero-order valence-corrected chi connectivity index (χ0v) is 18.4. The lowest BCUT2D eigenvalue weighted by atomic mass is 9.91. The summed E-state index contributed by atoms with van der Waals surface area (Å²) < 4.78 is 5.73. The summed E-state index contributed by atoms with van der Waals surface area (Å²) in [7, 11) is 0. The molecule has 2 aliphatic rings. The zero-order valence-electron chi connectivity index (χ0n) is 17.6. The Labute approximate surface area is 187 Å². The molecule has 2 aromatic carbocycles. The molecule has 3 atom stereocenters. The molecule has 0 spiro atoms. The molecular weight excluding hydrogens is 406 g/mol. The van der Waals surface area contributed by atoms with E-state index in [2.05, 4.69) is 29.2 Å². The normalized spacial score (nSPS) is 24.4. The molecule has 4 nitrogen and oxygen atoms in total. The van der Waals surface area contributed by atoms with Crippen molar-refractivity contribution in [2.24, 2.45) is 17.8 Å². The van der Waals surface area contributed by atoms with Crippen molar-refractivity contribution in [2.45, 2.75) is 19.1 Å². The highest BCUT2D eigenvalue weighted by Crippen LogP contribution is 2.52. The van der Waals surface area contributed by atoms with Crippen LogP contribution in [-0.2, 0) is 21.7 Å². The van der Waals surface area contributed by atoms with E-state index >= 15 is 0 Å². The van der Waals surface area contributed by atoms with Crippen LogP contribution in [0.2, 0.25) is 0 Å². The number of ether oxygens (including phenoxy) is 1. The maximum atomic E-state index is 13.1. The number of hydrogen-bond donors (Lipinski definition) is 1. The van der Waals surface area contributed by atoms with Crippen LogP contribution < -0.4 is 0 Å². The first-order chi connectivity index (χ1) is 15.1. The number of benzene rings is 2. The summed E-state index contributed by atoms with van der Waals surface area (Å²) in [5.41, 5.74) is 1.21. The number of rotatable bonds is 7. The van der Waals surface area contributed by atoms with Crippen LogP contribution in [0.25, 0.3) is 0 Å². The largest absolute Gasteiger partial charge is 0.463 e. The van der Waals surface area contributed by atoms with Crippen LogP contribution in [-0.4, -0.2) is 35.7 Å². The minimum atomic E-state index is -1.76. The summed E-state index contributed by atoms with van der Waals surface area (Å²) in [4.78, 5) is 16.2. The second-order valence-corrected chi connectivity index (χ2v) is 9.77. The second-order valence-electron chi connectivity index (χ2n) is 8.82. The van der Waals surface area contributed by atoms with Gasteiger partial charge in [0.2, 0.25) is 5.60 Å². The molecule has 0 bridgehead atoms. The van der Waals surface area contributed by atoms with E-state index in [-0.39, 0.29) is 0 Å². The van der Waals surface area contributed by atoms with Crippen molar-refractivity contribution >= 4 is 17.3 Å². The second kappa shape index (κ2) is 8.23. The van der Waals surface area contributed by atoms with Gasteiger partial charge in [-0.1, -0.05) is 66.2 Å². The summed E-state index contributed by atoms with van der Waals surface area (Å²) in [6.07, 6.45) is 0. The van der Waals surface area contributed by atoms with Gasteiger partial charge in [0.05, 0.1) is 11.5 Å². The predicted octanol–water partition coefficient (Wildman–Crippen LogP) is 4.21. The van der Waals surface area contributed by atoms with Crippen LogP contribution >= 0.6 is 11.3 Å². The van der Waals surface area contributed by atoms with Crippen molar-refractivity contribution in [3.63, 3.8) is 0 Å². The Morgan fingerprint density at radius 2 is 1.77 bits per heavy atom. The number of carbonyl (C=O) groups excluding carboxylic acids is 1. The number of carbonyl (C=O) groups is 1. The molecule has 3 aromatic rings. The number of thiophene rings is 1. The van der Waals surface area contributed by atoms with Gasteiger partial charge < -0.3 is 9.84 Å². The zero-order chi connectivity index (χ0) is 21.4. The molecule has 1 aliphatic heterocycles. The molecule has 1 saturated carbocycles. The molecule has 1 aromatic heterocycles. The molecule has 1 N–H and O–H groups in total. The van der Waals surface area contributed by atoms with E-state index < -0.39 is 11.6 Å². The highest BCUT2D eigenvalue weighted by atomic mass is 32.1. The minimum Gasteiger partial charge on any atom is -0.463 e. The number of nitrogens with zero attached hydrogens (tertiary/aromatic N) is 1. The van der Waals surface area contributed by atoms with Crippen LogP contribution in [0, 0.1) is 24.7 Å². The summed E-state index contributed by atoms with van der Waals surface area (Å²) in [5, 5.41) is 13.3. The van der Waals surface area contributed by atoms with E-state index in [1.807, 2.05) is 48.7 Å². The van der Waals surface area contributed by atoms with Gasteiger partial charge in [-0.25, -0.2) is 4.79 Å². The third-order valence-corrected chi connectivity index (χ3v) is 7.72. The molecule has 160 valence electrons. The van der Waals surface area contributed by atoms with Gasteiger partial charge in [0.25, 0.3) is 0 Å². The summed E-state index contributed by atoms with van der Waals surface area (Å²) in [6.45, 7) is 5.45. The van der Waals surface area contributed by atoms with Gasteiger partial charge in [0.15, 0.2) is 0 Å². The lowest BCUT2D eigenvalue weighted by Gasteiger charge is -2.26. The number of likely N-dealkylation sites (tertiary alicyclic amines) is 1. The Kier molecular flexibility index (Phi) is 5.42. The monoisotopic (exact) mass is 433 g/mol. The van der Waals surface area contributed by atoms with Crippen molar-refractivity contribution in [1.29, 1.82) is 0 Å². The molecular formula is C26H27NO3S. The van der Waals surface area contributed by atoms with E-state index in [4.69, 9.17) is 4.74 Å². The van der Waals surface area contributed by atoms with Gasteiger partial charge in [0, 0.05) is 31.1 Å². The maximum absolute atomic E-state index is 13.1. The third kappa shape index (κ3) is 3.93. The number of aliphatic hydroxyl groups is 1. The quantitative estimate of drug-likeness (QED) is 0.567. The van der Waals surface area contributed by atoms with Gasteiger partial charge in [-0.15, -0.1) is 11.3 Å². The first-order valence-corrected chi connectivity index (χ1v) is 11.7. The number of fused-ring (bicyclic) bond motifs is 1. The third-order valence-electron chi connectivity index (χ3n) is 6.75. The van der Waals surface area contributed by atoms with E-state index in [0.29, 0.717) is 34.8 Å². The first kappa shape index (κ1) is 20.4. The smallest absolute Gasteiger partial charge is 0.348 e. The predicted molar refractivity (Wildman–Crippen MR) is 122 cm³/mol. The lowest BCUT2D eigenvalue weighted by Crippen LogP contribution is -2.38. The van der Waals surface area contributed by atoms with Crippen LogP contribution in [0.4, 0.5) is 0 Å². The fraction of sp³-hybridized carbons (Fsp3) is 0.346. The Bertz CT molecular complexity index is 1020. The molecule has 2 fully saturated rings. The van der Waals surface area contributed by atoms with Gasteiger partial charge in [-0.2, -0.15) is 0 Å². The summed E-state index contributed by atoms with van der Waals surface area (Å²) in [6, 6.07) is 21.6. The van der Waals surface area contributed by atoms with Crippen molar-refractivity contribution < 1.29 is 14.6 Å². The summed E-state index contributed by atoms with van der Waals surface area (Å²) in [5.74, 6) is 1.00. The molecule has 0 amide bonds. The highest BCUT2D eigenvalue weighted by Gasteiger charge is 2.56. The van der Waals surface area contributed by atoms with E-state index in [0.717, 1.165) is 25.2 Å². The molecule has 3 unspecified atom stereocenters. The summed E-state index contributed by atoms with van der Waals surface area (Å²) >= 11 is 1.37. The highest BCUT2D eigenvalue weighted by molar-refractivity contribution is 7.10. The minimum absolute atomic E-state index is 0.382. The Morgan fingerprint density at radius 3 is 2.42 bits per heavy atom. The molecule has 5 heteroatoms. The van der Waals surface area contributed by atoms with Gasteiger partial charge in [-0.3, -0.25) is 4.90 Å². The molecule has 1 aliphatic carbocycles. The van der Waals surface area contributed by atoms with Crippen molar-refractivity contribution in [3.8, 4) is 0 Å². The topological polar surface area (TPSA) is 49.8 Å². The van der Waals surface area contributed by atoms with E-state index in [1.165, 1.54) is 16.9 Å². The SMILES string of the molecule is Cc1ccc(C(O)(C(=O)OCC2C3CN(Cc4ccccc4)CC23)c2cccs2)cc1. The number of piperidine rings is 1. The fourth-order valence-corrected chi connectivity index (χ4v) is 5.70. The Hall–Kier alpha value is -2.47. The number of aryl methyl sites for hydroxylation is 1. The molecule has 2 heterocycles. The molecule has 1 saturated heterocycles. The van der Waals surface area contributed by atoms with Crippen LogP contribution in [0.3, 0.4) is 0 Å².